The number of ether oxygens (including phenoxy) is 3. The van der Waals surface area contributed by atoms with E-state index in [9.17, 15) is 54.0 Å². The van der Waals surface area contributed by atoms with Crippen LogP contribution < -0.4 is 31.9 Å². The Bertz CT molecular complexity index is 1220. The molecule has 1 aliphatic heterocycles. The molecule has 0 bridgehead atoms. The molecule has 10 N–H and O–H groups in total. The van der Waals surface area contributed by atoms with E-state index in [0.29, 0.717) is 0 Å². The number of hydrogen-bond donors (Lipinski definition) is 10. The molecule has 1 rings (SSSR count). The summed E-state index contributed by atoms with van der Waals surface area (Å²) in [6.07, 6.45) is -2.78. The molecule has 0 aliphatic carbocycles. The number of hydrogen-bond acceptors (Lipinski definition) is 15. The average molecular weight is 796 g/mol. The number of aliphatic hydroxyl groups excluding tert-OH is 4. The van der Waals surface area contributed by atoms with Crippen molar-refractivity contribution in [3.63, 3.8) is 0 Å². The normalized spacial score (nSPS) is 20.5. The average Bonchev–Trinajstić information content (AvgIpc) is 3.13. The summed E-state index contributed by atoms with van der Waals surface area (Å²) >= 11 is 1.33. The van der Waals surface area contributed by atoms with Crippen LogP contribution in [0, 0.1) is 0 Å². The molecule has 54 heavy (non-hydrogen) atoms. The van der Waals surface area contributed by atoms with Crippen LogP contribution in [0.5, 0.6) is 0 Å². The molecular formula is C32H57N7O14S. The van der Waals surface area contributed by atoms with Crippen molar-refractivity contribution in [2.24, 2.45) is 0 Å². The Morgan fingerprint density at radius 2 is 1.46 bits per heavy atom. The van der Waals surface area contributed by atoms with Crippen LogP contribution in [0.3, 0.4) is 0 Å². The molecule has 0 aromatic heterocycles. The Morgan fingerprint density at radius 1 is 0.796 bits per heavy atom. The second-order valence-electron chi connectivity index (χ2n) is 12.2. The fourth-order valence-corrected chi connectivity index (χ4v) is 5.60. The summed E-state index contributed by atoms with van der Waals surface area (Å²) in [7, 11) is 0. The lowest BCUT2D eigenvalue weighted by Gasteiger charge is -2.43. The van der Waals surface area contributed by atoms with Crippen molar-refractivity contribution in [3.8, 4) is 0 Å². The molecule has 0 aromatic carbocycles. The predicted molar refractivity (Wildman–Crippen MR) is 193 cm³/mol. The van der Waals surface area contributed by atoms with Crippen LogP contribution in [-0.2, 0) is 47.8 Å². The Kier molecular flexibility index (Phi) is 24.2. The SMILES string of the molecule is CCC(=O)NC(CSC)C(=O)NC(CO)C(=O)NCCNC(=O)COCCOCCNC(=O)CN(CCC1O[C@H](CO)[C@H](O)[C@H](O)[C@H]1NC(C)=O)C(C)=O. The summed E-state index contributed by atoms with van der Waals surface area (Å²) in [6, 6.07) is -3.13. The molecule has 1 aliphatic rings. The highest BCUT2D eigenvalue weighted by atomic mass is 32.2. The molecular weight excluding hydrogens is 738 g/mol. The summed E-state index contributed by atoms with van der Waals surface area (Å²) in [5.74, 6) is -3.16. The van der Waals surface area contributed by atoms with Crippen LogP contribution >= 0.6 is 11.8 Å². The molecule has 3 unspecified atom stereocenters. The maximum absolute atomic E-state index is 12.5. The van der Waals surface area contributed by atoms with Gasteiger partial charge in [0.2, 0.25) is 41.4 Å². The zero-order valence-electron chi connectivity index (χ0n) is 31.2. The van der Waals surface area contributed by atoms with E-state index >= 15 is 0 Å². The van der Waals surface area contributed by atoms with Gasteiger partial charge in [0.1, 0.15) is 37.0 Å². The molecule has 0 radical (unpaired) electrons. The summed E-state index contributed by atoms with van der Waals surface area (Å²) < 4.78 is 16.3. The molecule has 1 fully saturated rings. The van der Waals surface area contributed by atoms with E-state index in [-0.39, 0.29) is 83.7 Å². The minimum atomic E-state index is -1.44. The molecule has 21 nitrogen and oxygen atoms in total. The predicted octanol–water partition coefficient (Wildman–Crippen LogP) is -5.67. The van der Waals surface area contributed by atoms with E-state index < -0.39 is 91.2 Å². The molecule has 1 heterocycles. The number of aliphatic hydroxyl groups is 4. The second-order valence-corrected chi connectivity index (χ2v) is 13.1. The first kappa shape index (κ1) is 48.4. The summed E-state index contributed by atoms with van der Waals surface area (Å²) in [4.78, 5) is 86.2. The van der Waals surface area contributed by atoms with Gasteiger partial charge in [-0.25, -0.2) is 0 Å². The van der Waals surface area contributed by atoms with Crippen LogP contribution in [0.25, 0.3) is 0 Å². The summed E-state index contributed by atoms with van der Waals surface area (Å²) in [6.45, 7) is 2.79. The monoisotopic (exact) mass is 795 g/mol. The molecule has 7 amide bonds. The molecule has 22 heteroatoms. The number of nitrogens with one attached hydrogen (secondary N) is 6. The van der Waals surface area contributed by atoms with E-state index in [1.54, 1.807) is 13.2 Å². The fraction of sp³-hybridized carbons (Fsp3) is 0.781. The van der Waals surface area contributed by atoms with Gasteiger partial charge in [-0.15, -0.1) is 0 Å². The van der Waals surface area contributed by atoms with Gasteiger partial charge in [0, 0.05) is 52.2 Å². The number of amides is 7. The van der Waals surface area contributed by atoms with Gasteiger partial charge in [-0.2, -0.15) is 11.8 Å². The van der Waals surface area contributed by atoms with Gasteiger partial charge in [0.25, 0.3) is 0 Å². The standard InChI is InChI=1S/C32H57N7O14S/c1-5-25(44)37-22(18-54-4)32(50)38-21(15-40)31(49)35-8-7-33-27(46)17-52-13-12-51-11-9-34-26(45)14-39(20(3)43)10-6-23-28(36-19(2)42)30(48)29(47)24(16-41)53-23/h21-24,28-30,40-41,47-48H,5-18H2,1-4H3,(H,33,46)(H,34,45)(H,35,49)(H,36,42)(H,37,44)(H,38,50)/t21?,22?,23?,24-,28+,29+,30-/m1/s1. The molecule has 0 saturated carbocycles. The van der Waals surface area contributed by atoms with Crippen LogP contribution in [-0.4, -0.2) is 194 Å². The largest absolute Gasteiger partial charge is 0.394 e. The van der Waals surface area contributed by atoms with Crippen molar-refractivity contribution < 1.29 is 68.2 Å². The highest BCUT2D eigenvalue weighted by Crippen LogP contribution is 2.23. The lowest BCUT2D eigenvalue weighted by Crippen LogP contribution is -2.64. The molecule has 0 aromatic rings. The van der Waals surface area contributed by atoms with Crippen molar-refractivity contribution in [1.82, 2.24) is 36.8 Å². The zero-order valence-corrected chi connectivity index (χ0v) is 32.0. The van der Waals surface area contributed by atoms with E-state index in [1.165, 1.54) is 30.5 Å². The van der Waals surface area contributed by atoms with E-state index in [1.807, 2.05) is 0 Å². The molecule has 7 atom stereocenters. The smallest absolute Gasteiger partial charge is 0.246 e. The zero-order chi connectivity index (χ0) is 40.6. The highest BCUT2D eigenvalue weighted by Gasteiger charge is 2.44. The van der Waals surface area contributed by atoms with Gasteiger partial charge in [0.05, 0.1) is 51.7 Å². The van der Waals surface area contributed by atoms with Gasteiger partial charge < -0.3 is 71.4 Å². The minimum Gasteiger partial charge on any atom is -0.394 e. The third kappa shape index (κ3) is 18.6. The maximum atomic E-state index is 12.5. The van der Waals surface area contributed by atoms with Crippen LogP contribution in [0.15, 0.2) is 0 Å². The first-order valence-electron chi connectivity index (χ1n) is 17.5. The Balaban J connectivity index is 2.28. The third-order valence-corrected chi connectivity index (χ3v) is 8.57. The van der Waals surface area contributed by atoms with Gasteiger partial charge in [-0.1, -0.05) is 6.92 Å². The van der Waals surface area contributed by atoms with Gasteiger partial charge in [-0.3, -0.25) is 33.6 Å². The third-order valence-electron chi connectivity index (χ3n) is 7.90. The molecule has 310 valence electrons. The number of rotatable bonds is 26. The van der Waals surface area contributed by atoms with Crippen molar-refractivity contribution in [1.29, 1.82) is 0 Å². The quantitative estimate of drug-likeness (QED) is 0.0365. The Morgan fingerprint density at radius 3 is 2.07 bits per heavy atom. The first-order chi connectivity index (χ1) is 25.7. The first-order valence-corrected chi connectivity index (χ1v) is 18.9. The van der Waals surface area contributed by atoms with Gasteiger partial charge in [0.15, 0.2) is 0 Å². The van der Waals surface area contributed by atoms with Crippen molar-refractivity contribution in [2.45, 2.75) is 76.2 Å². The highest BCUT2D eigenvalue weighted by molar-refractivity contribution is 7.98. The lowest BCUT2D eigenvalue weighted by atomic mass is 9.91. The van der Waals surface area contributed by atoms with Crippen LogP contribution in [0.2, 0.25) is 0 Å². The van der Waals surface area contributed by atoms with Gasteiger partial charge >= 0.3 is 0 Å². The van der Waals surface area contributed by atoms with E-state index in [2.05, 4.69) is 31.9 Å². The lowest BCUT2D eigenvalue weighted by molar-refractivity contribution is -0.197. The van der Waals surface area contributed by atoms with Crippen LogP contribution in [0.1, 0.15) is 33.6 Å². The Hall–Kier alpha value is -3.64. The van der Waals surface area contributed by atoms with E-state index in [4.69, 9.17) is 14.2 Å². The minimum absolute atomic E-state index is 0.00492. The topological polar surface area (TPSA) is 304 Å². The van der Waals surface area contributed by atoms with Crippen molar-refractivity contribution in [3.05, 3.63) is 0 Å². The van der Waals surface area contributed by atoms with E-state index in [0.717, 1.165) is 0 Å². The number of carbonyl (C=O) groups excluding carboxylic acids is 7. The molecule has 0 spiro atoms. The Labute approximate surface area is 318 Å². The number of carbonyl (C=O) groups is 7. The second kappa shape index (κ2) is 27.0. The van der Waals surface area contributed by atoms with Crippen molar-refractivity contribution in [2.75, 3.05) is 84.4 Å². The van der Waals surface area contributed by atoms with Crippen LogP contribution in [0.4, 0.5) is 0 Å². The fourth-order valence-electron chi connectivity index (χ4n) is 5.04. The number of nitrogens with zero attached hydrogens (tertiary/aromatic N) is 1. The van der Waals surface area contributed by atoms with Gasteiger partial charge in [-0.05, 0) is 12.7 Å². The molecule has 1 saturated heterocycles. The summed E-state index contributed by atoms with van der Waals surface area (Å²) in [5.41, 5.74) is 0. The van der Waals surface area contributed by atoms with Crippen molar-refractivity contribution >= 4 is 53.1 Å². The maximum Gasteiger partial charge on any atom is 0.246 e. The number of thioether (sulfide) groups is 1. The summed E-state index contributed by atoms with van der Waals surface area (Å²) in [5, 5.41) is 54.8.